The van der Waals surface area contributed by atoms with Crippen LogP contribution in [-0.2, 0) is 25.6 Å². The number of hydrogen-bond acceptors (Lipinski definition) is 4. The molecule has 0 atom stereocenters. The first-order valence-corrected chi connectivity index (χ1v) is 8.48. The van der Waals surface area contributed by atoms with Crippen molar-refractivity contribution in [1.29, 1.82) is 0 Å². The van der Waals surface area contributed by atoms with E-state index in [1.807, 2.05) is 50.3 Å². The fourth-order valence-electron chi connectivity index (χ4n) is 2.12. The van der Waals surface area contributed by atoms with Crippen LogP contribution in [0, 0.1) is 0 Å². The Kier molecular flexibility index (Phi) is 12.2. The molecule has 0 amide bonds. The Labute approximate surface area is 140 Å². The molecule has 23 heavy (non-hydrogen) atoms. The van der Waals surface area contributed by atoms with Gasteiger partial charge in [0.1, 0.15) is 0 Å². The van der Waals surface area contributed by atoms with Gasteiger partial charge in [0.25, 0.3) is 0 Å². The van der Waals surface area contributed by atoms with Gasteiger partial charge in [-0.15, -0.1) is 0 Å². The molecule has 1 aromatic rings. The van der Waals surface area contributed by atoms with Crippen molar-refractivity contribution in [1.82, 2.24) is 0 Å². The topological polar surface area (TPSA) is 36.9 Å². The van der Waals surface area contributed by atoms with Crippen molar-refractivity contribution in [3.63, 3.8) is 0 Å². The summed E-state index contributed by atoms with van der Waals surface area (Å²) in [5.74, 6) is 0. The molecule has 0 bridgehead atoms. The maximum absolute atomic E-state index is 5.51. The van der Waals surface area contributed by atoms with Crippen LogP contribution < -0.4 is 0 Å². The zero-order valence-corrected chi connectivity index (χ0v) is 14.4. The smallest absolute Gasteiger partial charge is 0.188 e. The van der Waals surface area contributed by atoms with Crippen LogP contribution in [0.2, 0.25) is 0 Å². The summed E-state index contributed by atoms with van der Waals surface area (Å²) < 4.78 is 21.8. The van der Waals surface area contributed by atoms with Gasteiger partial charge in [-0.25, -0.2) is 0 Å². The number of hydrogen-bond donors (Lipinski definition) is 0. The van der Waals surface area contributed by atoms with Gasteiger partial charge in [0.05, 0.1) is 12.9 Å². The van der Waals surface area contributed by atoms with Crippen LogP contribution in [0.5, 0.6) is 0 Å². The first-order valence-electron chi connectivity index (χ1n) is 8.48. The van der Waals surface area contributed by atoms with Crippen LogP contribution in [0.4, 0.5) is 0 Å². The van der Waals surface area contributed by atoms with Crippen molar-refractivity contribution in [3.05, 3.63) is 48.2 Å². The molecular formula is C19H30O4. The van der Waals surface area contributed by atoms with Crippen molar-refractivity contribution in [3.8, 4) is 0 Å². The summed E-state index contributed by atoms with van der Waals surface area (Å²) in [4.78, 5) is 0. The maximum Gasteiger partial charge on any atom is 0.188 e. The maximum atomic E-state index is 5.51. The van der Waals surface area contributed by atoms with E-state index in [2.05, 4.69) is 0 Å². The van der Waals surface area contributed by atoms with Crippen LogP contribution in [0.3, 0.4) is 0 Å². The van der Waals surface area contributed by atoms with Gasteiger partial charge in [-0.3, -0.25) is 0 Å². The van der Waals surface area contributed by atoms with E-state index in [9.17, 15) is 0 Å². The normalized spacial score (nSPS) is 11.4. The largest absolute Gasteiger partial charge is 0.475 e. The van der Waals surface area contributed by atoms with Gasteiger partial charge >= 0.3 is 0 Å². The van der Waals surface area contributed by atoms with Crippen LogP contribution in [0.25, 0.3) is 0 Å². The van der Waals surface area contributed by atoms with E-state index in [4.69, 9.17) is 18.9 Å². The average molecular weight is 322 g/mol. The first kappa shape index (κ1) is 19.7. The Morgan fingerprint density at radius 2 is 1.74 bits per heavy atom. The molecule has 0 fully saturated rings. The highest BCUT2D eigenvalue weighted by molar-refractivity contribution is 5.13. The summed E-state index contributed by atoms with van der Waals surface area (Å²) in [6.45, 7) is 6.23. The third-order valence-corrected chi connectivity index (χ3v) is 3.22. The van der Waals surface area contributed by atoms with E-state index < -0.39 is 0 Å². The standard InChI is InChI=1S/C19H30O4/c1-3-22-19(23-4-2)14-10-5-6-11-15-20-17-21-16-18-12-8-7-9-13-18/h7-9,11-13,15,19H,3-6,10,14,16-17H2,1-2H3. The van der Waals surface area contributed by atoms with Crippen LogP contribution in [0.15, 0.2) is 42.7 Å². The molecule has 0 spiro atoms. The van der Waals surface area contributed by atoms with Gasteiger partial charge in [-0.2, -0.15) is 0 Å². The van der Waals surface area contributed by atoms with Crippen LogP contribution >= 0.6 is 0 Å². The summed E-state index contributed by atoms with van der Waals surface area (Å²) in [6.07, 6.45) is 7.80. The van der Waals surface area contributed by atoms with Crippen molar-refractivity contribution in [2.24, 2.45) is 0 Å². The number of rotatable bonds is 14. The quantitative estimate of drug-likeness (QED) is 0.284. The molecule has 4 heteroatoms. The molecule has 130 valence electrons. The monoisotopic (exact) mass is 322 g/mol. The number of benzene rings is 1. The summed E-state index contributed by atoms with van der Waals surface area (Å²) >= 11 is 0. The Bertz CT molecular complexity index is 386. The Morgan fingerprint density at radius 3 is 2.43 bits per heavy atom. The number of ether oxygens (including phenoxy) is 4. The zero-order valence-electron chi connectivity index (χ0n) is 14.4. The molecule has 1 rings (SSSR count). The molecule has 0 radical (unpaired) electrons. The predicted molar refractivity (Wildman–Crippen MR) is 91.8 cm³/mol. The molecule has 0 aliphatic rings. The third-order valence-electron chi connectivity index (χ3n) is 3.22. The zero-order chi connectivity index (χ0) is 16.6. The highest BCUT2D eigenvalue weighted by Gasteiger charge is 2.06. The summed E-state index contributed by atoms with van der Waals surface area (Å²) in [5, 5.41) is 0. The minimum Gasteiger partial charge on any atom is -0.475 e. The lowest BCUT2D eigenvalue weighted by molar-refractivity contribution is -0.140. The van der Waals surface area contributed by atoms with E-state index >= 15 is 0 Å². The third kappa shape index (κ3) is 10.9. The van der Waals surface area contributed by atoms with Gasteiger partial charge in [0.2, 0.25) is 0 Å². The molecule has 0 heterocycles. The highest BCUT2D eigenvalue weighted by atomic mass is 16.7. The van der Waals surface area contributed by atoms with E-state index in [1.165, 1.54) is 0 Å². The second-order valence-corrected chi connectivity index (χ2v) is 5.12. The molecular weight excluding hydrogens is 292 g/mol. The SMILES string of the molecule is CCOC(CCCCC=COCOCc1ccccc1)OCC. The van der Waals surface area contributed by atoms with E-state index in [0.29, 0.717) is 19.8 Å². The van der Waals surface area contributed by atoms with Crippen molar-refractivity contribution in [2.75, 3.05) is 20.0 Å². The predicted octanol–water partition coefficient (Wildman–Crippen LogP) is 4.65. The van der Waals surface area contributed by atoms with Crippen LogP contribution in [0.1, 0.15) is 45.1 Å². The molecule has 0 aliphatic carbocycles. The fourth-order valence-corrected chi connectivity index (χ4v) is 2.12. The van der Waals surface area contributed by atoms with Crippen molar-refractivity contribution in [2.45, 2.75) is 52.4 Å². The average Bonchev–Trinajstić information content (AvgIpc) is 2.58. The minimum absolute atomic E-state index is 0.0587. The van der Waals surface area contributed by atoms with Crippen molar-refractivity contribution >= 4 is 0 Å². The van der Waals surface area contributed by atoms with Gasteiger partial charge in [-0.1, -0.05) is 30.3 Å². The lowest BCUT2D eigenvalue weighted by Crippen LogP contribution is -2.17. The molecule has 0 aromatic heterocycles. The molecule has 1 aromatic carbocycles. The second-order valence-electron chi connectivity index (χ2n) is 5.12. The van der Waals surface area contributed by atoms with Gasteiger partial charge in [0.15, 0.2) is 13.1 Å². The highest BCUT2D eigenvalue weighted by Crippen LogP contribution is 2.09. The molecule has 4 nitrogen and oxygen atoms in total. The van der Waals surface area contributed by atoms with Gasteiger partial charge in [-0.05, 0) is 51.2 Å². The van der Waals surface area contributed by atoms with Gasteiger partial charge in [0, 0.05) is 13.2 Å². The Morgan fingerprint density at radius 1 is 1.00 bits per heavy atom. The summed E-state index contributed by atoms with van der Waals surface area (Å²) in [5.41, 5.74) is 1.15. The number of unbranched alkanes of at least 4 members (excludes halogenated alkanes) is 2. The minimum atomic E-state index is -0.0587. The second kappa shape index (κ2) is 14.2. The lowest BCUT2D eigenvalue weighted by atomic mass is 10.2. The van der Waals surface area contributed by atoms with E-state index in [-0.39, 0.29) is 13.1 Å². The van der Waals surface area contributed by atoms with E-state index in [1.54, 1.807) is 6.26 Å². The summed E-state index contributed by atoms with van der Waals surface area (Å²) in [7, 11) is 0. The van der Waals surface area contributed by atoms with Crippen molar-refractivity contribution < 1.29 is 18.9 Å². The number of allylic oxidation sites excluding steroid dienone is 1. The molecule has 0 unspecified atom stereocenters. The lowest BCUT2D eigenvalue weighted by Gasteiger charge is -2.16. The Balaban J connectivity index is 1.94. The molecule has 0 N–H and O–H groups in total. The van der Waals surface area contributed by atoms with Gasteiger partial charge < -0.3 is 18.9 Å². The first-order chi connectivity index (χ1) is 11.4. The molecule has 0 saturated heterocycles. The molecule has 0 aliphatic heterocycles. The summed E-state index contributed by atoms with van der Waals surface area (Å²) in [6, 6.07) is 10.1. The fraction of sp³-hybridized carbons (Fsp3) is 0.579. The molecule has 0 saturated carbocycles. The van der Waals surface area contributed by atoms with E-state index in [0.717, 1.165) is 31.2 Å². The Hall–Kier alpha value is -1.36. The van der Waals surface area contributed by atoms with Crippen LogP contribution in [-0.4, -0.2) is 26.3 Å².